The van der Waals surface area contributed by atoms with Crippen molar-refractivity contribution >= 4 is 33.2 Å². The highest BCUT2D eigenvalue weighted by atomic mass is 79.9. The number of nitrogens with one attached hydrogen (secondary N) is 1. The third kappa shape index (κ3) is 4.77. The predicted octanol–water partition coefficient (Wildman–Crippen LogP) is 2.66. The molecule has 0 saturated carbocycles. The van der Waals surface area contributed by atoms with Gasteiger partial charge < -0.3 is 10.1 Å². The molecule has 2 atom stereocenters. The van der Waals surface area contributed by atoms with E-state index in [9.17, 15) is 4.79 Å². The first kappa shape index (κ1) is 16.9. The lowest BCUT2D eigenvalue weighted by Crippen LogP contribution is -2.45. The van der Waals surface area contributed by atoms with Crippen LogP contribution in [-0.2, 0) is 9.53 Å². The lowest BCUT2D eigenvalue weighted by Gasteiger charge is -2.34. The molecule has 118 valence electrons. The van der Waals surface area contributed by atoms with Gasteiger partial charge in [-0.3, -0.25) is 9.69 Å². The Morgan fingerprint density at radius 3 is 2.76 bits per heavy atom. The Labute approximate surface area is 139 Å². The van der Waals surface area contributed by atoms with Crippen molar-refractivity contribution in [1.29, 1.82) is 0 Å². The minimum atomic E-state index is -0.133. The molecule has 1 aromatic rings. The third-order valence-electron chi connectivity index (χ3n) is 3.66. The Morgan fingerprint density at radius 1 is 1.48 bits per heavy atom. The first-order chi connectivity index (χ1) is 10.1. The second-order valence-electron chi connectivity index (χ2n) is 5.57. The van der Waals surface area contributed by atoms with Gasteiger partial charge in [0.05, 0.1) is 24.1 Å². The maximum absolute atomic E-state index is 12.1. The molecule has 1 aliphatic rings. The fourth-order valence-electron chi connectivity index (χ4n) is 2.38. The monoisotopic (exact) mass is 374 g/mol. The largest absolute Gasteiger partial charge is 0.379 e. The van der Waals surface area contributed by atoms with Gasteiger partial charge in [0.1, 0.15) is 0 Å². The number of nitrogens with zero attached hydrogens (tertiary/aromatic N) is 1. The van der Waals surface area contributed by atoms with Gasteiger partial charge in [-0.2, -0.15) is 0 Å². The molecular weight excluding hydrogens is 352 g/mol. The minimum absolute atomic E-state index is 0.0693. The van der Waals surface area contributed by atoms with Crippen molar-refractivity contribution in [1.82, 2.24) is 10.2 Å². The van der Waals surface area contributed by atoms with Crippen LogP contribution in [-0.4, -0.2) is 48.5 Å². The molecule has 0 radical (unpaired) electrons. The van der Waals surface area contributed by atoms with Gasteiger partial charge in [-0.1, -0.05) is 35.8 Å². The zero-order valence-corrected chi connectivity index (χ0v) is 15.0. The summed E-state index contributed by atoms with van der Waals surface area (Å²) in [5.41, 5.74) is 0. The Morgan fingerprint density at radius 2 is 2.19 bits per heavy atom. The predicted molar refractivity (Wildman–Crippen MR) is 90.0 cm³/mol. The van der Waals surface area contributed by atoms with E-state index in [0.29, 0.717) is 6.54 Å². The quantitative estimate of drug-likeness (QED) is 0.778. The number of halogens is 1. The van der Waals surface area contributed by atoms with Gasteiger partial charge >= 0.3 is 0 Å². The maximum atomic E-state index is 12.1. The van der Waals surface area contributed by atoms with E-state index in [1.807, 2.05) is 13.8 Å². The van der Waals surface area contributed by atoms with Crippen LogP contribution < -0.4 is 5.32 Å². The molecule has 0 aliphatic carbocycles. The lowest BCUT2D eigenvalue weighted by atomic mass is 10.1. The van der Waals surface area contributed by atoms with Crippen LogP contribution in [0, 0.1) is 5.92 Å². The van der Waals surface area contributed by atoms with Gasteiger partial charge in [0.2, 0.25) is 5.91 Å². The van der Waals surface area contributed by atoms with E-state index in [2.05, 4.69) is 43.7 Å². The number of carbonyl (C=O) groups is 1. The normalized spacial score (nSPS) is 19.4. The van der Waals surface area contributed by atoms with Crippen molar-refractivity contribution in [3.63, 3.8) is 0 Å². The molecule has 21 heavy (non-hydrogen) atoms. The Hall–Kier alpha value is -0.430. The van der Waals surface area contributed by atoms with Crippen LogP contribution in [0.2, 0.25) is 0 Å². The molecule has 2 heterocycles. The number of alkyl halides is 1. The Bertz CT molecular complexity index is 433. The molecule has 1 aliphatic heterocycles. The van der Waals surface area contributed by atoms with Crippen LogP contribution in [0.3, 0.4) is 0 Å². The number of amides is 1. The average molecular weight is 375 g/mol. The fraction of sp³-hybridized carbons (Fsp3) is 0.667. The number of hydrogen-bond donors (Lipinski definition) is 1. The van der Waals surface area contributed by atoms with Crippen molar-refractivity contribution in [2.24, 2.45) is 5.92 Å². The molecule has 0 bridgehead atoms. The summed E-state index contributed by atoms with van der Waals surface area (Å²) in [6.07, 6.45) is 0. The first-order valence-electron chi connectivity index (χ1n) is 7.36. The first-order valence-corrected chi connectivity index (χ1v) is 9.16. The minimum Gasteiger partial charge on any atom is -0.379 e. The summed E-state index contributed by atoms with van der Waals surface area (Å²) in [4.78, 5) is 15.7. The van der Waals surface area contributed by atoms with E-state index in [1.165, 1.54) is 4.88 Å². The highest BCUT2D eigenvalue weighted by molar-refractivity contribution is 9.10. The summed E-state index contributed by atoms with van der Waals surface area (Å²) in [6.45, 7) is 8.09. The summed E-state index contributed by atoms with van der Waals surface area (Å²) >= 11 is 5.20. The molecule has 2 rings (SSSR count). The van der Waals surface area contributed by atoms with Crippen LogP contribution in [0.5, 0.6) is 0 Å². The summed E-state index contributed by atoms with van der Waals surface area (Å²) in [7, 11) is 0. The molecule has 1 aromatic heterocycles. The molecule has 0 spiro atoms. The van der Waals surface area contributed by atoms with Gasteiger partial charge in [-0.25, -0.2) is 0 Å². The molecule has 0 aromatic carbocycles. The zero-order chi connectivity index (χ0) is 15.2. The zero-order valence-electron chi connectivity index (χ0n) is 12.5. The summed E-state index contributed by atoms with van der Waals surface area (Å²) < 4.78 is 5.43. The molecule has 1 amide bonds. The maximum Gasteiger partial charge on any atom is 0.234 e. The number of rotatable bonds is 6. The van der Waals surface area contributed by atoms with Crippen molar-refractivity contribution in [3.05, 3.63) is 22.4 Å². The van der Waals surface area contributed by atoms with E-state index in [1.54, 1.807) is 11.3 Å². The van der Waals surface area contributed by atoms with E-state index < -0.39 is 0 Å². The van der Waals surface area contributed by atoms with Crippen molar-refractivity contribution < 1.29 is 9.53 Å². The molecule has 6 heteroatoms. The van der Waals surface area contributed by atoms with E-state index in [4.69, 9.17) is 4.74 Å². The standard InChI is InChI=1S/C15H23BrN2O2S/c1-11(2)14(16)15(19)17-10-12(13-4-3-9-21-13)18-5-7-20-8-6-18/h3-4,9,11-12,14H,5-8,10H2,1-2H3,(H,17,19). The van der Waals surface area contributed by atoms with Gasteiger partial charge in [0, 0.05) is 24.5 Å². The number of morpholine rings is 1. The molecular formula is C15H23BrN2O2S. The molecule has 4 nitrogen and oxygen atoms in total. The second kappa shape index (κ2) is 8.27. The Kier molecular flexibility index (Phi) is 6.67. The summed E-state index contributed by atoms with van der Waals surface area (Å²) in [5.74, 6) is 0.355. The highest BCUT2D eigenvalue weighted by Crippen LogP contribution is 2.25. The van der Waals surface area contributed by atoms with Crippen LogP contribution in [0.25, 0.3) is 0 Å². The van der Waals surface area contributed by atoms with E-state index in [-0.39, 0.29) is 22.7 Å². The highest BCUT2D eigenvalue weighted by Gasteiger charge is 2.25. The van der Waals surface area contributed by atoms with E-state index in [0.717, 1.165) is 26.3 Å². The average Bonchev–Trinajstić information content (AvgIpc) is 3.01. The topological polar surface area (TPSA) is 41.6 Å². The van der Waals surface area contributed by atoms with Crippen molar-refractivity contribution in [3.8, 4) is 0 Å². The SMILES string of the molecule is CC(C)C(Br)C(=O)NCC(c1cccs1)N1CCOCC1. The molecule has 1 fully saturated rings. The number of thiophene rings is 1. The third-order valence-corrected chi connectivity index (χ3v) is 6.11. The van der Waals surface area contributed by atoms with Crippen LogP contribution >= 0.6 is 27.3 Å². The Balaban J connectivity index is 1.98. The molecule has 2 unspecified atom stereocenters. The number of ether oxygens (including phenoxy) is 1. The fourth-order valence-corrected chi connectivity index (χ4v) is 3.40. The van der Waals surface area contributed by atoms with Gasteiger partial charge in [-0.05, 0) is 17.4 Å². The summed E-state index contributed by atoms with van der Waals surface area (Å²) in [6, 6.07) is 4.45. The smallest absolute Gasteiger partial charge is 0.234 e. The van der Waals surface area contributed by atoms with Gasteiger partial charge in [0.15, 0.2) is 0 Å². The van der Waals surface area contributed by atoms with Crippen LogP contribution in [0.1, 0.15) is 24.8 Å². The number of carbonyl (C=O) groups excluding carboxylic acids is 1. The lowest BCUT2D eigenvalue weighted by molar-refractivity contribution is -0.121. The molecule has 1 N–H and O–H groups in total. The van der Waals surface area contributed by atoms with Gasteiger partial charge in [-0.15, -0.1) is 11.3 Å². The second-order valence-corrected chi connectivity index (χ2v) is 7.54. The van der Waals surface area contributed by atoms with Gasteiger partial charge in [0.25, 0.3) is 0 Å². The number of hydrogen-bond acceptors (Lipinski definition) is 4. The van der Waals surface area contributed by atoms with Crippen molar-refractivity contribution in [2.75, 3.05) is 32.8 Å². The van der Waals surface area contributed by atoms with Crippen LogP contribution in [0.15, 0.2) is 17.5 Å². The summed E-state index contributed by atoms with van der Waals surface area (Å²) in [5, 5.41) is 5.18. The van der Waals surface area contributed by atoms with Crippen molar-refractivity contribution in [2.45, 2.75) is 24.7 Å². The van der Waals surface area contributed by atoms with E-state index >= 15 is 0 Å². The van der Waals surface area contributed by atoms with Crippen LogP contribution in [0.4, 0.5) is 0 Å². The molecule has 1 saturated heterocycles.